The Kier molecular flexibility index (Phi) is 4.78. The fraction of sp³-hybridized carbons (Fsp3) is 0.667. The minimum atomic E-state index is -0.627. The predicted molar refractivity (Wildman–Crippen MR) is 78.1 cm³/mol. The van der Waals surface area contributed by atoms with Crippen LogP contribution in [-0.4, -0.2) is 24.6 Å². The number of piperidine rings is 1. The Morgan fingerprint density at radius 3 is 2.70 bits per heavy atom. The lowest BCUT2D eigenvalue weighted by molar-refractivity contribution is 0.321. The topological polar surface area (TPSA) is 28.2 Å². The van der Waals surface area contributed by atoms with E-state index in [0.29, 0.717) is 18.4 Å². The molecular weight excluding hydrogens is 260 g/mol. The van der Waals surface area contributed by atoms with Gasteiger partial charge in [-0.2, -0.15) is 0 Å². The lowest BCUT2D eigenvalue weighted by Gasteiger charge is -2.36. The second-order valence-electron chi connectivity index (χ2n) is 5.74. The van der Waals surface area contributed by atoms with Crippen molar-refractivity contribution in [2.75, 3.05) is 29.9 Å². The van der Waals surface area contributed by atoms with E-state index in [1.54, 1.807) is 0 Å². The van der Waals surface area contributed by atoms with E-state index in [9.17, 15) is 8.78 Å². The van der Waals surface area contributed by atoms with Crippen LogP contribution >= 0.6 is 0 Å². The zero-order valence-electron chi connectivity index (χ0n) is 12.4. The molecule has 0 aliphatic carbocycles. The normalized spacial score (nSPS) is 22.9. The van der Waals surface area contributed by atoms with Gasteiger partial charge in [0.1, 0.15) is 0 Å². The summed E-state index contributed by atoms with van der Waals surface area (Å²) in [5, 5.41) is 2.91. The van der Waals surface area contributed by atoms with Gasteiger partial charge in [0.25, 0.3) is 0 Å². The highest BCUT2D eigenvalue weighted by Crippen LogP contribution is 2.29. The van der Waals surface area contributed by atoms with Gasteiger partial charge < -0.3 is 10.2 Å². The van der Waals surface area contributed by atoms with E-state index in [4.69, 9.17) is 0 Å². The molecule has 112 valence electrons. The lowest BCUT2D eigenvalue weighted by atomic mass is 9.89. The summed E-state index contributed by atoms with van der Waals surface area (Å²) in [7, 11) is 0. The van der Waals surface area contributed by atoms with Crippen LogP contribution < -0.4 is 10.2 Å². The van der Waals surface area contributed by atoms with Crippen LogP contribution in [0.4, 0.5) is 20.4 Å². The number of rotatable bonds is 4. The molecule has 0 spiro atoms. The highest BCUT2D eigenvalue weighted by Gasteiger charge is 2.26. The Bertz CT molecular complexity index is 465. The molecule has 1 aromatic rings. The predicted octanol–water partition coefficient (Wildman–Crippen LogP) is 3.66. The first-order valence-electron chi connectivity index (χ1n) is 7.37. The summed E-state index contributed by atoms with van der Waals surface area (Å²) in [6.07, 6.45) is 1.88. The summed E-state index contributed by atoms with van der Waals surface area (Å²) in [6, 6.07) is 0.934. The lowest BCUT2D eigenvalue weighted by Crippen LogP contribution is -2.39. The van der Waals surface area contributed by atoms with Gasteiger partial charge in [0.05, 0.1) is 0 Å². The summed E-state index contributed by atoms with van der Waals surface area (Å²) < 4.78 is 27.7. The Labute approximate surface area is 119 Å². The molecule has 0 amide bonds. The molecule has 5 heteroatoms. The Morgan fingerprint density at radius 2 is 2.05 bits per heavy atom. The van der Waals surface area contributed by atoms with Crippen LogP contribution in [0.2, 0.25) is 0 Å². The monoisotopic (exact) mass is 283 g/mol. The van der Waals surface area contributed by atoms with Gasteiger partial charge in [0, 0.05) is 25.7 Å². The van der Waals surface area contributed by atoms with Crippen LogP contribution in [0.1, 0.15) is 33.6 Å². The van der Waals surface area contributed by atoms with E-state index in [0.717, 1.165) is 32.0 Å². The molecule has 1 N–H and O–H groups in total. The average Bonchev–Trinajstić information content (AvgIpc) is 2.41. The Hall–Kier alpha value is -1.39. The van der Waals surface area contributed by atoms with Crippen molar-refractivity contribution in [3.8, 4) is 0 Å². The highest BCUT2D eigenvalue weighted by atomic mass is 19.1. The van der Waals surface area contributed by atoms with E-state index in [1.165, 1.54) is 0 Å². The molecule has 3 nitrogen and oxygen atoms in total. The van der Waals surface area contributed by atoms with Gasteiger partial charge in [-0.3, -0.25) is 0 Å². The summed E-state index contributed by atoms with van der Waals surface area (Å²) in [5.74, 6) is 0.331. The third kappa shape index (κ3) is 3.19. The van der Waals surface area contributed by atoms with E-state index < -0.39 is 11.6 Å². The number of anilines is 2. The number of hydrogen-bond acceptors (Lipinski definition) is 3. The van der Waals surface area contributed by atoms with Crippen molar-refractivity contribution in [1.29, 1.82) is 0 Å². The molecular formula is C15H23F2N3. The first kappa shape index (κ1) is 15.0. The Morgan fingerprint density at radius 1 is 1.30 bits per heavy atom. The maximum atomic E-state index is 14.0. The van der Waals surface area contributed by atoms with Crippen molar-refractivity contribution >= 4 is 11.6 Å². The van der Waals surface area contributed by atoms with Crippen LogP contribution in [0.3, 0.4) is 0 Å². The van der Waals surface area contributed by atoms with Crippen molar-refractivity contribution in [3.63, 3.8) is 0 Å². The quantitative estimate of drug-likeness (QED) is 0.914. The molecule has 1 aliphatic rings. The zero-order chi connectivity index (χ0) is 14.7. The molecule has 2 heterocycles. The minimum absolute atomic E-state index is 0.148. The summed E-state index contributed by atoms with van der Waals surface area (Å²) in [6.45, 7) is 8.53. The van der Waals surface area contributed by atoms with Crippen molar-refractivity contribution in [3.05, 3.63) is 17.7 Å². The molecule has 0 radical (unpaired) electrons. The van der Waals surface area contributed by atoms with Crippen molar-refractivity contribution in [2.24, 2.45) is 11.8 Å². The van der Waals surface area contributed by atoms with E-state index in [2.05, 4.69) is 24.1 Å². The molecule has 2 rings (SSSR count). The molecule has 0 aromatic carbocycles. The zero-order valence-corrected chi connectivity index (χ0v) is 12.4. The van der Waals surface area contributed by atoms with E-state index >= 15 is 0 Å². The summed E-state index contributed by atoms with van der Waals surface area (Å²) in [5.41, 5.74) is 0. The van der Waals surface area contributed by atoms with E-state index in [-0.39, 0.29) is 11.6 Å². The molecule has 2 unspecified atom stereocenters. The maximum Gasteiger partial charge on any atom is 0.168 e. The van der Waals surface area contributed by atoms with Crippen LogP contribution in [0, 0.1) is 23.5 Å². The van der Waals surface area contributed by atoms with Crippen molar-refractivity contribution in [1.82, 2.24) is 4.98 Å². The molecule has 20 heavy (non-hydrogen) atoms. The van der Waals surface area contributed by atoms with Gasteiger partial charge in [0.15, 0.2) is 23.3 Å². The van der Waals surface area contributed by atoms with Gasteiger partial charge in [-0.25, -0.2) is 13.8 Å². The molecule has 1 saturated heterocycles. The number of nitrogens with zero attached hydrogens (tertiary/aromatic N) is 2. The highest BCUT2D eigenvalue weighted by molar-refractivity contribution is 5.49. The second kappa shape index (κ2) is 6.37. The van der Waals surface area contributed by atoms with Gasteiger partial charge in [0.2, 0.25) is 0 Å². The largest absolute Gasteiger partial charge is 0.368 e. The van der Waals surface area contributed by atoms with Crippen LogP contribution in [0.25, 0.3) is 0 Å². The summed E-state index contributed by atoms with van der Waals surface area (Å²) in [4.78, 5) is 6.08. The second-order valence-corrected chi connectivity index (χ2v) is 5.74. The molecule has 1 aliphatic heterocycles. The van der Waals surface area contributed by atoms with Gasteiger partial charge >= 0.3 is 0 Å². The number of aromatic nitrogens is 1. The fourth-order valence-corrected chi connectivity index (χ4v) is 2.50. The first-order chi connectivity index (χ1) is 9.52. The first-order valence-corrected chi connectivity index (χ1v) is 7.37. The number of nitrogens with one attached hydrogen (secondary N) is 1. The van der Waals surface area contributed by atoms with Gasteiger partial charge in [-0.15, -0.1) is 0 Å². The van der Waals surface area contributed by atoms with Crippen LogP contribution in [0.5, 0.6) is 0 Å². The van der Waals surface area contributed by atoms with Gasteiger partial charge in [-0.05, 0) is 24.7 Å². The standard InChI is InChI=1S/C15H23F2N3/c1-4-6-18-14-12(16)8-13(17)15(19-14)20-7-5-10(2)11(3)9-20/h8,10-11H,4-7,9H2,1-3H3,(H,18,19). The molecule has 1 fully saturated rings. The minimum Gasteiger partial charge on any atom is -0.368 e. The Balaban J connectivity index is 2.22. The molecule has 0 saturated carbocycles. The maximum absolute atomic E-state index is 14.0. The van der Waals surface area contributed by atoms with Crippen LogP contribution in [0.15, 0.2) is 6.07 Å². The number of pyridine rings is 1. The van der Waals surface area contributed by atoms with Crippen molar-refractivity contribution < 1.29 is 8.78 Å². The SMILES string of the molecule is CCCNc1nc(N2CCC(C)C(C)C2)c(F)cc1F. The van der Waals surface area contributed by atoms with Crippen LogP contribution in [-0.2, 0) is 0 Å². The average molecular weight is 283 g/mol. The van der Waals surface area contributed by atoms with E-state index in [1.807, 2.05) is 11.8 Å². The number of hydrogen-bond donors (Lipinski definition) is 1. The molecule has 0 bridgehead atoms. The van der Waals surface area contributed by atoms with Crippen molar-refractivity contribution in [2.45, 2.75) is 33.6 Å². The smallest absolute Gasteiger partial charge is 0.168 e. The third-order valence-corrected chi connectivity index (χ3v) is 4.09. The molecule has 1 aromatic heterocycles. The van der Waals surface area contributed by atoms with Gasteiger partial charge in [-0.1, -0.05) is 20.8 Å². The summed E-state index contributed by atoms with van der Waals surface area (Å²) >= 11 is 0. The third-order valence-electron chi connectivity index (χ3n) is 4.09. The number of halogens is 2. The fourth-order valence-electron chi connectivity index (χ4n) is 2.50. The molecule has 2 atom stereocenters.